The lowest BCUT2D eigenvalue weighted by atomic mass is 10.2. The molecule has 18 heavy (non-hydrogen) atoms. The third-order valence-electron chi connectivity index (χ3n) is 2.89. The molecule has 104 valence electrons. The van der Waals surface area contributed by atoms with Gasteiger partial charge in [-0.25, -0.2) is 9.97 Å². The average molecular weight is 293 g/mol. The Kier molecular flexibility index (Phi) is 9.06. The molecule has 0 spiro atoms. The number of unbranched alkanes of at least 4 members (excludes halogenated alkanes) is 1. The zero-order valence-corrected chi connectivity index (χ0v) is 12.4. The molecule has 1 fully saturated rings. The third kappa shape index (κ3) is 4.96. The maximum Gasteiger partial charge on any atom is 0.225 e. The zero-order chi connectivity index (χ0) is 11.2. The number of piperazine rings is 1. The van der Waals surface area contributed by atoms with Gasteiger partial charge in [-0.3, -0.25) is 0 Å². The summed E-state index contributed by atoms with van der Waals surface area (Å²) in [6.45, 7) is 6.29. The van der Waals surface area contributed by atoms with Crippen LogP contribution in [0.25, 0.3) is 0 Å². The lowest BCUT2D eigenvalue weighted by Gasteiger charge is -2.27. The van der Waals surface area contributed by atoms with Crippen LogP contribution in [0.2, 0.25) is 0 Å². The highest BCUT2D eigenvalue weighted by Crippen LogP contribution is 2.10. The van der Waals surface area contributed by atoms with Crippen LogP contribution in [0.5, 0.6) is 0 Å². The van der Waals surface area contributed by atoms with Gasteiger partial charge in [0, 0.05) is 38.1 Å². The summed E-state index contributed by atoms with van der Waals surface area (Å²) in [6.07, 6.45) is 5.37. The van der Waals surface area contributed by atoms with Gasteiger partial charge in [0.05, 0.1) is 0 Å². The predicted molar refractivity (Wildman–Crippen MR) is 80.2 cm³/mol. The molecule has 1 aliphatic rings. The fraction of sp³-hybridized carbons (Fsp3) is 0.667. The monoisotopic (exact) mass is 292 g/mol. The molecular formula is C12H22Cl2N4. The van der Waals surface area contributed by atoms with Crippen molar-refractivity contribution in [1.82, 2.24) is 15.3 Å². The van der Waals surface area contributed by atoms with Gasteiger partial charge in [-0.2, -0.15) is 0 Å². The molecule has 0 atom stereocenters. The van der Waals surface area contributed by atoms with Crippen molar-refractivity contribution in [2.45, 2.75) is 26.2 Å². The molecule has 0 saturated carbocycles. The van der Waals surface area contributed by atoms with Crippen LogP contribution in [0.3, 0.4) is 0 Å². The number of aromatic nitrogens is 2. The van der Waals surface area contributed by atoms with Gasteiger partial charge in [0.1, 0.15) is 0 Å². The summed E-state index contributed by atoms with van der Waals surface area (Å²) < 4.78 is 0. The molecule has 0 radical (unpaired) electrons. The molecule has 0 unspecified atom stereocenters. The first-order chi connectivity index (χ1) is 7.90. The van der Waals surface area contributed by atoms with Crippen LogP contribution in [0.4, 0.5) is 5.95 Å². The number of nitrogens with zero attached hydrogens (tertiary/aromatic N) is 3. The molecule has 0 aliphatic carbocycles. The zero-order valence-electron chi connectivity index (χ0n) is 10.8. The van der Waals surface area contributed by atoms with E-state index in [9.17, 15) is 0 Å². The van der Waals surface area contributed by atoms with Crippen LogP contribution in [-0.2, 0) is 6.42 Å². The Morgan fingerprint density at radius 3 is 2.67 bits per heavy atom. The second kappa shape index (κ2) is 9.36. The first-order valence-electron chi connectivity index (χ1n) is 6.17. The quantitative estimate of drug-likeness (QED) is 0.922. The Bertz CT molecular complexity index is 330. The molecule has 1 saturated heterocycles. The van der Waals surface area contributed by atoms with Gasteiger partial charge in [0.2, 0.25) is 5.95 Å². The van der Waals surface area contributed by atoms with Crippen LogP contribution in [-0.4, -0.2) is 36.1 Å². The highest BCUT2D eigenvalue weighted by atomic mass is 35.5. The second-order valence-corrected chi connectivity index (χ2v) is 4.19. The Balaban J connectivity index is 0.00000144. The van der Waals surface area contributed by atoms with E-state index in [2.05, 4.69) is 27.1 Å². The number of rotatable bonds is 4. The summed E-state index contributed by atoms with van der Waals surface area (Å²) in [5.74, 6) is 0.898. The number of hydrogen-bond acceptors (Lipinski definition) is 4. The third-order valence-corrected chi connectivity index (χ3v) is 2.89. The lowest BCUT2D eigenvalue weighted by Crippen LogP contribution is -2.44. The van der Waals surface area contributed by atoms with E-state index >= 15 is 0 Å². The molecule has 1 aromatic heterocycles. The standard InChI is InChI=1S/C12H20N4.2ClH/c1-2-3-4-11-5-6-14-12(15-11)16-9-7-13-8-10-16;;/h5-6,13H,2-4,7-10H2,1H3;2*1H. The molecule has 6 heteroatoms. The van der Waals surface area contributed by atoms with Gasteiger partial charge in [-0.15, -0.1) is 24.8 Å². The van der Waals surface area contributed by atoms with Crippen LogP contribution in [0.1, 0.15) is 25.5 Å². The van der Waals surface area contributed by atoms with Crippen LogP contribution in [0, 0.1) is 0 Å². The summed E-state index contributed by atoms with van der Waals surface area (Å²) in [6, 6.07) is 2.03. The van der Waals surface area contributed by atoms with Crippen molar-refractivity contribution in [2.75, 3.05) is 31.1 Å². The summed E-state index contributed by atoms with van der Waals surface area (Å²) in [5, 5.41) is 3.34. The van der Waals surface area contributed by atoms with Crippen LogP contribution >= 0.6 is 24.8 Å². The van der Waals surface area contributed by atoms with E-state index in [1.165, 1.54) is 18.5 Å². The summed E-state index contributed by atoms with van der Waals surface area (Å²) in [7, 11) is 0. The fourth-order valence-electron chi connectivity index (χ4n) is 1.90. The molecule has 2 rings (SSSR count). The smallest absolute Gasteiger partial charge is 0.225 e. The molecule has 1 aliphatic heterocycles. The minimum absolute atomic E-state index is 0. The van der Waals surface area contributed by atoms with Gasteiger partial charge in [-0.05, 0) is 18.9 Å². The number of anilines is 1. The Labute approximate surface area is 121 Å². The van der Waals surface area contributed by atoms with E-state index in [0.717, 1.165) is 38.5 Å². The topological polar surface area (TPSA) is 41.1 Å². The number of hydrogen-bond donors (Lipinski definition) is 1. The maximum atomic E-state index is 4.62. The lowest BCUT2D eigenvalue weighted by molar-refractivity contribution is 0.578. The molecule has 2 heterocycles. The van der Waals surface area contributed by atoms with Crippen LogP contribution < -0.4 is 10.2 Å². The average Bonchev–Trinajstić information content (AvgIpc) is 2.38. The highest BCUT2D eigenvalue weighted by Gasteiger charge is 2.12. The van der Waals surface area contributed by atoms with Crippen molar-refractivity contribution in [1.29, 1.82) is 0 Å². The number of nitrogens with one attached hydrogen (secondary N) is 1. The van der Waals surface area contributed by atoms with Crippen LogP contribution in [0.15, 0.2) is 12.3 Å². The Morgan fingerprint density at radius 1 is 1.28 bits per heavy atom. The first kappa shape index (κ1) is 17.4. The summed E-state index contributed by atoms with van der Waals surface area (Å²) in [5.41, 5.74) is 1.17. The minimum atomic E-state index is 0. The SMILES string of the molecule is CCCCc1ccnc(N2CCNCC2)n1.Cl.Cl. The Morgan fingerprint density at radius 2 is 2.00 bits per heavy atom. The van der Waals surface area contributed by atoms with Gasteiger partial charge in [-0.1, -0.05) is 13.3 Å². The van der Waals surface area contributed by atoms with Gasteiger partial charge in [0.15, 0.2) is 0 Å². The number of aryl methyl sites for hydroxylation is 1. The van der Waals surface area contributed by atoms with Crippen molar-refractivity contribution < 1.29 is 0 Å². The van der Waals surface area contributed by atoms with E-state index in [4.69, 9.17) is 0 Å². The van der Waals surface area contributed by atoms with Gasteiger partial charge < -0.3 is 10.2 Å². The van der Waals surface area contributed by atoms with Crippen molar-refractivity contribution in [3.8, 4) is 0 Å². The Hall–Kier alpha value is -0.580. The fourth-order valence-corrected chi connectivity index (χ4v) is 1.90. The van der Waals surface area contributed by atoms with E-state index in [0.29, 0.717) is 0 Å². The molecule has 0 bridgehead atoms. The van der Waals surface area contributed by atoms with Crippen molar-refractivity contribution >= 4 is 30.8 Å². The molecule has 1 aromatic rings. The normalized spacial score (nSPS) is 14.6. The first-order valence-corrected chi connectivity index (χ1v) is 6.17. The maximum absolute atomic E-state index is 4.62. The minimum Gasteiger partial charge on any atom is -0.338 e. The summed E-state index contributed by atoms with van der Waals surface area (Å²) >= 11 is 0. The number of halogens is 2. The predicted octanol–water partition coefficient (Wildman–Crippen LogP) is 2.07. The van der Waals surface area contributed by atoms with E-state index in [1.807, 2.05) is 12.3 Å². The van der Waals surface area contributed by atoms with E-state index in [-0.39, 0.29) is 24.8 Å². The van der Waals surface area contributed by atoms with E-state index < -0.39 is 0 Å². The van der Waals surface area contributed by atoms with Gasteiger partial charge >= 0.3 is 0 Å². The largest absolute Gasteiger partial charge is 0.338 e. The molecule has 4 nitrogen and oxygen atoms in total. The highest BCUT2D eigenvalue weighted by molar-refractivity contribution is 5.85. The molecular weight excluding hydrogens is 271 g/mol. The van der Waals surface area contributed by atoms with Crippen molar-refractivity contribution in [3.05, 3.63) is 18.0 Å². The van der Waals surface area contributed by atoms with E-state index in [1.54, 1.807) is 0 Å². The molecule has 1 N–H and O–H groups in total. The summed E-state index contributed by atoms with van der Waals surface area (Å²) in [4.78, 5) is 11.2. The van der Waals surface area contributed by atoms with Crippen molar-refractivity contribution in [3.63, 3.8) is 0 Å². The molecule has 0 amide bonds. The van der Waals surface area contributed by atoms with Crippen molar-refractivity contribution in [2.24, 2.45) is 0 Å². The second-order valence-electron chi connectivity index (χ2n) is 4.19. The van der Waals surface area contributed by atoms with Gasteiger partial charge in [0.25, 0.3) is 0 Å². The molecule has 0 aromatic carbocycles.